The molecule has 2 aliphatic rings. The first-order valence-corrected chi connectivity index (χ1v) is 11.5. The van der Waals surface area contributed by atoms with Crippen LogP contribution in [-0.2, 0) is 6.67 Å². The maximum atomic E-state index is 13.1. The molecule has 1 fully saturated rings. The van der Waals surface area contributed by atoms with Gasteiger partial charge in [-0.05, 0) is 63.1 Å². The van der Waals surface area contributed by atoms with Crippen LogP contribution in [0.5, 0.6) is 11.5 Å². The fourth-order valence-corrected chi connectivity index (χ4v) is 4.74. The van der Waals surface area contributed by atoms with Crippen LogP contribution in [0.15, 0.2) is 59.4 Å². The number of hydrogen-bond donors (Lipinski definition) is 0. The minimum absolute atomic E-state index is 0.0574. The van der Waals surface area contributed by atoms with Gasteiger partial charge in [0.05, 0.1) is 13.3 Å². The molecule has 0 atom stereocenters. The highest BCUT2D eigenvalue weighted by molar-refractivity contribution is 5.59. The Kier molecular flexibility index (Phi) is 5.70. The highest BCUT2D eigenvalue weighted by Gasteiger charge is 2.31. The summed E-state index contributed by atoms with van der Waals surface area (Å²) in [6, 6.07) is 18.3. The molecule has 5 rings (SSSR count). The van der Waals surface area contributed by atoms with Crippen molar-refractivity contribution < 1.29 is 4.74 Å². The van der Waals surface area contributed by atoms with Crippen molar-refractivity contribution in [3.63, 3.8) is 0 Å². The van der Waals surface area contributed by atoms with Crippen molar-refractivity contribution >= 4 is 11.6 Å². The van der Waals surface area contributed by atoms with E-state index in [0.717, 1.165) is 41.1 Å². The number of benzene rings is 2. The second-order valence-electron chi connectivity index (χ2n) is 8.86. The van der Waals surface area contributed by atoms with Gasteiger partial charge in [-0.25, -0.2) is 4.98 Å². The quantitative estimate of drug-likeness (QED) is 0.558. The first kappa shape index (κ1) is 20.8. The molecule has 0 radical (unpaired) electrons. The molecule has 1 aliphatic heterocycles. The summed E-state index contributed by atoms with van der Waals surface area (Å²) in [5.74, 6) is 2.32. The number of ether oxygens (including phenoxy) is 1. The summed E-state index contributed by atoms with van der Waals surface area (Å²) in [7, 11) is 0. The Balaban J connectivity index is 1.48. The van der Waals surface area contributed by atoms with Crippen LogP contribution in [0.25, 0.3) is 0 Å². The van der Waals surface area contributed by atoms with E-state index in [2.05, 4.69) is 9.80 Å². The molecule has 0 unspecified atom stereocenters. The highest BCUT2D eigenvalue weighted by Crippen LogP contribution is 2.33. The Hall–Kier alpha value is -3.12. The van der Waals surface area contributed by atoms with E-state index in [-0.39, 0.29) is 5.56 Å². The molecule has 0 bridgehead atoms. The maximum absolute atomic E-state index is 13.1. The summed E-state index contributed by atoms with van der Waals surface area (Å²) in [6.45, 7) is 5.13. The van der Waals surface area contributed by atoms with E-state index < -0.39 is 0 Å². The molecule has 0 spiro atoms. The Bertz CT molecular complexity index is 1130. The number of nitrogens with zero attached hydrogens (tertiary/aromatic N) is 4. The number of para-hydroxylation sites is 1. The Morgan fingerprint density at radius 3 is 2.28 bits per heavy atom. The van der Waals surface area contributed by atoms with Crippen molar-refractivity contribution in [2.75, 3.05) is 11.6 Å². The van der Waals surface area contributed by atoms with Gasteiger partial charge in [0.25, 0.3) is 5.56 Å². The standard InChI is InChI=1S/C26H30N4O2/c1-19-20(2)27-26-29(17-28(18-30(26)25(19)31)21-9-5-3-6-10-21)22-13-15-24(16-14-22)32-23-11-7-4-8-12-23/h4,7-8,11-16,21H,3,5-6,9-10,17-18H2,1-2H3. The van der Waals surface area contributed by atoms with Crippen LogP contribution in [0.3, 0.4) is 0 Å². The number of hydrogen-bond acceptors (Lipinski definition) is 5. The zero-order valence-electron chi connectivity index (χ0n) is 18.8. The van der Waals surface area contributed by atoms with E-state index in [1.165, 1.54) is 32.1 Å². The van der Waals surface area contributed by atoms with Gasteiger partial charge in [-0.2, -0.15) is 0 Å². The van der Waals surface area contributed by atoms with E-state index in [4.69, 9.17) is 9.72 Å². The fourth-order valence-electron chi connectivity index (χ4n) is 4.74. The van der Waals surface area contributed by atoms with Crippen molar-refractivity contribution in [1.82, 2.24) is 14.5 Å². The lowest BCUT2D eigenvalue weighted by Gasteiger charge is -2.43. The van der Waals surface area contributed by atoms with E-state index in [1.807, 2.05) is 73.0 Å². The van der Waals surface area contributed by atoms with Gasteiger partial charge in [-0.3, -0.25) is 19.2 Å². The lowest BCUT2D eigenvalue weighted by molar-refractivity contribution is 0.107. The zero-order valence-corrected chi connectivity index (χ0v) is 18.8. The number of fused-ring (bicyclic) bond motifs is 1. The van der Waals surface area contributed by atoms with Crippen LogP contribution in [0.1, 0.15) is 43.4 Å². The molecule has 2 aromatic carbocycles. The first-order chi connectivity index (χ1) is 15.6. The molecule has 166 valence electrons. The third-order valence-electron chi connectivity index (χ3n) is 6.72. The lowest BCUT2D eigenvalue weighted by Crippen LogP contribution is -2.51. The summed E-state index contributed by atoms with van der Waals surface area (Å²) in [4.78, 5) is 22.6. The van der Waals surface area contributed by atoms with Gasteiger partial charge in [0.1, 0.15) is 11.5 Å². The number of aryl methyl sites for hydroxylation is 1. The number of aromatic nitrogens is 2. The van der Waals surface area contributed by atoms with Gasteiger partial charge in [0.2, 0.25) is 5.95 Å². The topological polar surface area (TPSA) is 50.6 Å². The molecule has 1 saturated carbocycles. The number of anilines is 2. The number of rotatable bonds is 4. The molecule has 3 aromatic rings. The Morgan fingerprint density at radius 2 is 1.56 bits per heavy atom. The van der Waals surface area contributed by atoms with Crippen LogP contribution >= 0.6 is 0 Å². The molecule has 1 aromatic heterocycles. The largest absolute Gasteiger partial charge is 0.457 e. The van der Waals surface area contributed by atoms with Gasteiger partial charge in [-0.1, -0.05) is 37.5 Å². The predicted molar refractivity (Wildman–Crippen MR) is 127 cm³/mol. The van der Waals surface area contributed by atoms with Crippen molar-refractivity contribution in [1.29, 1.82) is 0 Å². The molecule has 6 nitrogen and oxygen atoms in total. The molecule has 6 heteroatoms. The first-order valence-electron chi connectivity index (χ1n) is 11.5. The summed E-state index contributed by atoms with van der Waals surface area (Å²) < 4.78 is 7.80. The van der Waals surface area contributed by atoms with Gasteiger partial charge >= 0.3 is 0 Å². The smallest absolute Gasteiger partial charge is 0.259 e. The molecular weight excluding hydrogens is 400 g/mol. The van der Waals surface area contributed by atoms with Crippen molar-refractivity contribution in [3.8, 4) is 11.5 Å². The Morgan fingerprint density at radius 1 is 0.875 bits per heavy atom. The monoisotopic (exact) mass is 430 g/mol. The SMILES string of the molecule is Cc1nc2n(c(=O)c1C)CN(C1CCCCC1)CN2c1ccc(Oc2ccccc2)cc1. The van der Waals surface area contributed by atoms with E-state index in [9.17, 15) is 4.79 Å². The third-order valence-corrected chi connectivity index (χ3v) is 6.72. The second kappa shape index (κ2) is 8.79. The normalized spacial score (nSPS) is 17.2. The van der Waals surface area contributed by atoms with Crippen molar-refractivity contribution in [2.45, 2.75) is 58.7 Å². The Labute approximate surface area is 189 Å². The maximum Gasteiger partial charge on any atom is 0.259 e. The van der Waals surface area contributed by atoms with Crippen LogP contribution in [0.2, 0.25) is 0 Å². The van der Waals surface area contributed by atoms with Crippen LogP contribution in [0, 0.1) is 13.8 Å². The third kappa shape index (κ3) is 4.02. The van der Waals surface area contributed by atoms with Gasteiger partial charge in [0, 0.05) is 23.0 Å². The minimum Gasteiger partial charge on any atom is -0.457 e. The van der Waals surface area contributed by atoms with Crippen LogP contribution in [-0.4, -0.2) is 27.2 Å². The fraction of sp³-hybridized carbons (Fsp3) is 0.385. The zero-order chi connectivity index (χ0) is 22.1. The van der Waals surface area contributed by atoms with Crippen LogP contribution < -0.4 is 15.2 Å². The second-order valence-corrected chi connectivity index (χ2v) is 8.86. The van der Waals surface area contributed by atoms with Gasteiger partial charge in [0.15, 0.2) is 0 Å². The van der Waals surface area contributed by atoms with Crippen LogP contribution in [0.4, 0.5) is 11.6 Å². The van der Waals surface area contributed by atoms with Crippen molar-refractivity contribution in [3.05, 3.63) is 76.2 Å². The summed E-state index contributed by atoms with van der Waals surface area (Å²) in [5, 5.41) is 0. The average molecular weight is 431 g/mol. The van der Waals surface area contributed by atoms with Crippen molar-refractivity contribution in [2.24, 2.45) is 0 Å². The van der Waals surface area contributed by atoms with Gasteiger partial charge < -0.3 is 4.74 Å². The average Bonchev–Trinajstić information content (AvgIpc) is 2.84. The minimum atomic E-state index is 0.0574. The summed E-state index contributed by atoms with van der Waals surface area (Å²) in [6.07, 6.45) is 6.23. The summed E-state index contributed by atoms with van der Waals surface area (Å²) >= 11 is 0. The van der Waals surface area contributed by atoms with E-state index in [0.29, 0.717) is 12.7 Å². The lowest BCUT2D eigenvalue weighted by atomic mass is 9.94. The molecule has 2 heterocycles. The molecular formula is C26H30N4O2. The van der Waals surface area contributed by atoms with Gasteiger partial charge in [-0.15, -0.1) is 0 Å². The molecule has 1 aliphatic carbocycles. The molecule has 32 heavy (non-hydrogen) atoms. The highest BCUT2D eigenvalue weighted by atomic mass is 16.5. The molecule has 0 N–H and O–H groups in total. The van der Waals surface area contributed by atoms with E-state index >= 15 is 0 Å². The molecule has 0 saturated heterocycles. The summed E-state index contributed by atoms with van der Waals surface area (Å²) in [5.41, 5.74) is 2.59. The van der Waals surface area contributed by atoms with E-state index in [1.54, 1.807) is 0 Å². The molecule has 0 amide bonds. The predicted octanol–water partition coefficient (Wildman–Crippen LogP) is 5.35.